The highest BCUT2D eigenvalue weighted by atomic mass is 35.5. The molecule has 6 rings (SSSR count). The molecule has 3 aliphatic rings. The Hall–Kier alpha value is -2.81. The average Bonchev–Trinajstić information content (AvgIpc) is 3.57. The minimum atomic E-state index is -0.202. The Bertz CT molecular complexity index is 1300. The number of aryl methyl sites for hydroxylation is 1. The number of fused-ring (bicyclic) bond motifs is 1. The maximum absolute atomic E-state index is 13.6. The third kappa shape index (κ3) is 4.21. The Balaban J connectivity index is 1.25. The minimum absolute atomic E-state index is 0.0435. The molecular formula is C27H31ClN6O2. The van der Waals surface area contributed by atoms with Crippen molar-refractivity contribution in [3.63, 3.8) is 0 Å². The largest absolute Gasteiger partial charge is 0.379 e. The number of carbonyl (C=O) groups excluding carboxylic acids is 1. The molecule has 0 spiro atoms. The van der Waals surface area contributed by atoms with Gasteiger partial charge in [-0.25, -0.2) is 4.98 Å². The third-order valence-corrected chi connectivity index (χ3v) is 8.20. The van der Waals surface area contributed by atoms with Gasteiger partial charge in [0.2, 0.25) is 0 Å². The molecular weight excluding hydrogens is 476 g/mol. The van der Waals surface area contributed by atoms with E-state index in [9.17, 15) is 4.79 Å². The predicted octanol–water partition coefficient (Wildman–Crippen LogP) is 4.13. The van der Waals surface area contributed by atoms with Crippen LogP contribution in [0.15, 0.2) is 36.7 Å². The summed E-state index contributed by atoms with van der Waals surface area (Å²) in [5.74, 6) is 1.46. The van der Waals surface area contributed by atoms with Crippen LogP contribution in [0.4, 0.5) is 5.82 Å². The first-order valence-corrected chi connectivity index (χ1v) is 13.1. The third-order valence-electron chi connectivity index (χ3n) is 8.00. The lowest BCUT2D eigenvalue weighted by atomic mass is 9.75. The summed E-state index contributed by atoms with van der Waals surface area (Å²) in [5, 5.41) is 12.4. The lowest BCUT2D eigenvalue weighted by molar-refractivity contribution is -0.0611. The highest BCUT2D eigenvalue weighted by Crippen LogP contribution is 2.38. The fourth-order valence-corrected chi connectivity index (χ4v) is 5.95. The molecule has 8 nitrogen and oxygen atoms in total. The summed E-state index contributed by atoms with van der Waals surface area (Å²) in [6, 6.07) is 10.8. The summed E-state index contributed by atoms with van der Waals surface area (Å²) >= 11 is 6.44. The van der Waals surface area contributed by atoms with E-state index < -0.39 is 0 Å². The standard InChI is InChI=1S/C27H31ClN6O2/c1-17(30-21-5-3-4-6-21)19-9-23(28)31-24(10-19)34-13-18-7-8-20(11-22(18)26(34)35)27(14-36-15-27)12-25-32-29-16-33(25)2/h7-11,16-17,21,30H,3-6,12-15H2,1-2H3/t17-/m0/s1. The molecule has 1 saturated carbocycles. The van der Waals surface area contributed by atoms with Crippen LogP contribution < -0.4 is 10.2 Å². The van der Waals surface area contributed by atoms with Gasteiger partial charge in [0, 0.05) is 36.5 Å². The van der Waals surface area contributed by atoms with E-state index in [0.29, 0.717) is 43.2 Å². The van der Waals surface area contributed by atoms with E-state index in [1.54, 1.807) is 11.2 Å². The van der Waals surface area contributed by atoms with Crippen molar-refractivity contribution in [1.29, 1.82) is 0 Å². The summed E-state index contributed by atoms with van der Waals surface area (Å²) < 4.78 is 7.57. The van der Waals surface area contributed by atoms with Crippen molar-refractivity contribution in [3.8, 4) is 0 Å². The van der Waals surface area contributed by atoms with Gasteiger partial charge in [0.1, 0.15) is 23.1 Å². The van der Waals surface area contributed by atoms with Crippen LogP contribution in [0.2, 0.25) is 5.15 Å². The van der Waals surface area contributed by atoms with Crippen LogP contribution in [0.3, 0.4) is 0 Å². The smallest absolute Gasteiger partial charge is 0.260 e. The Labute approximate surface area is 216 Å². The van der Waals surface area contributed by atoms with Gasteiger partial charge >= 0.3 is 0 Å². The van der Waals surface area contributed by atoms with Gasteiger partial charge in [0.25, 0.3) is 5.91 Å². The zero-order valence-electron chi connectivity index (χ0n) is 20.7. The van der Waals surface area contributed by atoms with Crippen molar-refractivity contribution in [2.24, 2.45) is 7.05 Å². The maximum Gasteiger partial charge on any atom is 0.260 e. The second-order valence-corrected chi connectivity index (χ2v) is 10.9. The van der Waals surface area contributed by atoms with Gasteiger partial charge in [-0.2, -0.15) is 0 Å². The Morgan fingerprint density at radius 1 is 1.22 bits per heavy atom. The summed E-state index contributed by atoms with van der Waals surface area (Å²) in [6.07, 6.45) is 7.40. The van der Waals surface area contributed by atoms with Crippen LogP contribution in [-0.2, 0) is 30.2 Å². The second kappa shape index (κ2) is 9.25. The molecule has 1 N–H and O–H groups in total. The van der Waals surface area contributed by atoms with E-state index in [2.05, 4.69) is 39.6 Å². The molecule has 0 radical (unpaired) electrons. The van der Waals surface area contributed by atoms with Crippen molar-refractivity contribution < 1.29 is 9.53 Å². The van der Waals surface area contributed by atoms with Gasteiger partial charge in [-0.1, -0.05) is 36.6 Å². The van der Waals surface area contributed by atoms with Crippen molar-refractivity contribution in [2.75, 3.05) is 18.1 Å². The molecule has 1 atom stereocenters. The second-order valence-electron chi connectivity index (χ2n) is 10.5. The van der Waals surface area contributed by atoms with E-state index in [4.69, 9.17) is 16.3 Å². The number of benzene rings is 1. The first kappa shape index (κ1) is 23.6. The molecule has 4 heterocycles. The molecule has 0 bridgehead atoms. The number of nitrogens with one attached hydrogen (secondary N) is 1. The number of hydrogen-bond acceptors (Lipinski definition) is 6. The molecule has 2 aliphatic heterocycles. The molecule has 188 valence electrons. The zero-order valence-corrected chi connectivity index (χ0v) is 21.5. The van der Waals surface area contributed by atoms with E-state index in [1.807, 2.05) is 29.8 Å². The van der Waals surface area contributed by atoms with Gasteiger partial charge in [-0.05, 0) is 54.7 Å². The number of aromatic nitrogens is 4. The summed E-state index contributed by atoms with van der Waals surface area (Å²) in [4.78, 5) is 19.9. The average molecular weight is 507 g/mol. The molecule has 1 saturated heterocycles. The molecule has 3 aromatic rings. The van der Waals surface area contributed by atoms with Crippen LogP contribution >= 0.6 is 11.6 Å². The molecule has 2 aromatic heterocycles. The summed E-state index contributed by atoms with van der Waals surface area (Å²) in [7, 11) is 1.95. The van der Waals surface area contributed by atoms with Gasteiger partial charge in [-0.3, -0.25) is 9.69 Å². The predicted molar refractivity (Wildman–Crippen MR) is 137 cm³/mol. The molecule has 1 amide bonds. The highest BCUT2D eigenvalue weighted by molar-refractivity contribution is 6.29. The number of amides is 1. The quantitative estimate of drug-likeness (QED) is 0.485. The van der Waals surface area contributed by atoms with Crippen LogP contribution in [0.5, 0.6) is 0 Å². The number of rotatable bonds is 7. The first-order chi connectivity index (χ1) is 17.4. The Morgan fingerprint density at radius 2 is 2.03 bits per heavy atom. The fraction of sp³-hybridized carbons (Fsp3) is 0.481. The highest BCUT2D eigenvalue weighted by Gasteiger charge is 2.43. The molecule has 2 fully saturated rings. The van der Waals surface area contributed by atoms with Crippen LogP contribution in [0.1, 0.15) is 71.5 Å². The van der Waals surface area contributed by atoms with Gasteiger partial charge in [0.05, 0.1) is 19.8 Å². The van der Waals surface area contributed by atoms with Crippen molar-refractivity contribution >= 4 is 23.3 Å². The lowest BCUT2D eigenvalue weighted by Crippen LogP contribution is -2.49. The summed E-state index contributed by atoms with van der Waals surface area (Å²) in [6.45, 7) is 3.83. The van der Waals surface area contributed by atoms with Gasteiger partial charge in [-0.15, -0.1) is 10.2 Å². The van der Waals surface area contributed by atoms with Crippen molar-refractivity contribution in [3.05, 3.63) is 69.9 Å². The minimum Gasteiger partial charge on any atom is -0.379 e. The van der Waals surface area contributed by atoms with Crippen LogP contribution in [0.25, 0.3) is 0 Å². The topological polar surface area (TPSA) is 85.2 Å². The molecule has 0 unspecified atom stereocenters. The van der Waals surface area contributed by atoms with E-state index in [1.165, 1.54) is 25.7 Å². The molecule has 1 aromatic carbocycles. The van der Waals surface area contributed by atoms with Gasteiger partial charge in [0.15, 0.2) is 0 Å². The van der Waals surface area contributed by atoms with Crippen molar-refractivity contribution in [2.45, 2.75) is 63.1 Å². The zero-order chi connectivity index (χ0) is 24.9. The number of ether oxygens (including phenoxy) is 1. The number of hydrogen-bond donors (Lipinski definition) is 1. The van der Waals surface area contributed by atoms with Crippen LogP contribution in [-0.4, -0.2) is 44.9 Å². The number of nitrogens with zero attached hydrogens (tertiary/aromatic N) is 5. The summed E-state index contributed by atoms with van der Waals surface area (Å²) in [5.41, 5.74) is 3.66. The number of pyridine rings is 1. The molecule has 36 heavy (non-hydrogen) atoms. The number of halogens is 1. The van der Waals surface area contributed by atoms with E-state index >= 15 is 0 Å². The first-order valence-electron chi connectivity index (χ1n) is 12.7. The fourth-order valence-electron chi connectivity index (χ4n) is 5.74. The van der Waals surface area contributed by atoms with Crippen LogP contribution in [0, 0.1) is 0 Å². The monoisotopic (exact) mass is 506 g/mol. The lowest BCUT2D eigenvalue weighted by Gasteiger charge is -2.41. The maximum atomic E-state index is 13.6. The Morgan fingerprint density at radius 3 is 2.72 bits per heavy atom. The molecule has 1 aliphatic carbocycles. The van der Waals surface area contributed by atoms with E-state index in [-0.39, 0.29) is 17.4 Å². The number of carbonyl (C=O) groups is 1. The normalized spacial score (nSPS) is 20.0. The van der Waals surface area contributed by atoms with Gasteiger partial charge < -0.3 is 14.6 Å². The van der Waals surface area contributed by atoms with E-state index in [0.717, 1.165) is 28.1 Å². The molecule has 9 heteroatoms. The number of anilines is 1. The van der Waals surface area contributed by atoms with Crippen molar-refractivity contribution in [1.82, 2.24) is 25.1 Å². The SMILES string of the molecule is C[C@H](NC1CCCC1)c1cc(Cl)nc(N2Cc3ccc(C4(Cc5nncn5C)COC4)cc3C2=O)c1. The Kier molecular flexibility index (Phi) is 6.06.